The maximum Gasteiger partial charge on any atom is 0.213 e. The molecule has 4 nitrogen and oxygen atoms in total. The fraction of sp³-hybridized carbons (Fsp3) is 1.00. The Morgan fingerprint density at radius 2 is 1.88 bits per heavy atom. The highest BCUT2D eigenvalue weighted by molar-refractivity contribution is 7.88. The van der Waals surface area contributed by atoms with Gasteiger partial charge in [0.05, 0.1) is 6.26 Å². The van der Waals surface area contributed by atoms with Crippen molar-refractivity contribution in [3.05, 3.63) is 0 Å². The molecule has 100 valence electrons. The van der Waals surface area contributed by atoms with Crippen molar-refractivity contribution in [2.75, 3.05) is 20.1 Å². The molecule has 0 radical (unpaired) electrons. The van der Waals surface area contributed by atoms with Gasteiger partial charge in [-0.3, -0.25) is 0 Å². The molecule has 0 heterocycles. The van der Waals surface area contributed by atoms with Crippen LogP contribution in [0.3, 0.4) is 0 Å². The summed E-state index contributed by atoms with van der Waals surface area (Å²) in [7, 11) is -1.61. The molecule has 0 aromatic rings. The average molecular weight is 261 g/mol. The highest BCUT2D eigenvalue weighted by atomic mass is 32.2. The molecule has 2 saturated carbocycles. The van der Waals surface area contributed by atoms with Crippen LogP contribution in [0.5, 0.6) is 0 Å². The van der Waals surface area contributed by atoms with Crippen LogP contribution in [0.25, 0.3) is 0 Å². The molecule has 0 aliphatic heterocycles. The van der Waals surface area contributed by atoms with Crippen LogP contribution in [0.4, 0.5) is 0 Å². The Bertz CT molecular complexity index is 379. The third-order valence-corrected chi connectivity index (χ3v) is 6.14. The summed E-state index contributed by atoms with van der Waals surface area (Å²) in [6.07, 6.45) is 3.47. The Morgan fingerprint density at radius 3 is 2.29 bits per heavy atom. The molecule has 0 saturated heterocycles. The molecule has 5 unspecified atom stereocenters. The van der Waals surface area contributed by atoms with E-state index in [9.17, 15) is 8.42 Å². The Kier molecular flexibility index (Phi) is 3.54. The minimum absolute atomic E-state index is 0.154. The molecule has 2 rings (SSSR count). The van der Waals surface area contributed by atoms with E-state index in [4.69, 9.17) is 4.74 Å². The molecular formula is C12H23NO3S. The highest BCUT2D eigenvalue weighted by Gasteiger charge is 2.51. The quantitative estimate of drug-likeness (QED) is 0.721. The first-order chi connectivity index (χ1) is 7.86. The van der Waals surface area contributed by atoms with Crippen molar-refractivity contribution < 1.29 is 13.2 Å². The topological polar surface area (TPSA) is 46.6 Å². The maximum absolute atomic E-state index is 11.8. The lowest BCUT2D eigenvalue weighted by atomic mass is 9.79. The second kappa shape index (κ2) is 4.52. The number of sulfonamides is 1. The molecule has 2 aliphatic carbocycles. The zero-order valence-corrected chi connectivity index (χ0v) is 11.9. The van der Waals surface area contributed by atoms with E-state index in [0.717, 1.165) is 12.3 Å². The SMILES string of the molecule is COCN(C1CC2CC1C(C)C2C)S(C)(=O)=O. The minimum atomic E-state index is -3.17. The zero-order valence-electron chi connectivity index (χ0n) is 11.1. The first kappa shape index (κ1) is 13.3. The van der Waals surface area contributed by atoms with Crippen LogP contribution < -0.4 is 0 Å². The van der Waals surface area contributed by atoms with E-state index in [1.165, 1.54) is 12.7 Å². The van der Waals surface area contributed by atoms with Crippen LogP contribution in [0, 0.1) is 23.7 Å². The summed E-state index contributed by atoms with van der Waals surface area (Å²) in [6.45, 7) is 4.75. The summed E-state index contributed by atoms with van der Waals surface area (Å²) in [5.41, 5.74) is 0. The third-order valence-electron chi connectivity index (χ3n) is 4.91. The first-order valence-electron chi connectivity index (χ1n) is 6.32. The van der Waals surface area contributed by atoms with Gasteiger partial charge in [0.1, 0.15) is 6.73 Å². The van der Waals surface area contributed by atoms with Crippen molar-refractivity contribution in [2.45, 2.75) is 32.7 Å². The lowest BCUT2D eigenvalue weighted by molar-refractivity contribution is 0.0583. The normalized spacial score (nSPS) is 41.4. The number of hydrogen-bond donors (Lipinski definition) is 0. The largest absolute Gasteiger partial charge is 0.368 e. The number of hydrogen-bond acceptors (Lipinski definition) is 3. The molecule has 0 N–H and O–H groups in total. The van der Waals surface area contributed by atoms with E-state index in [1.54, 1.807) is 11.4 Å². The van der Waals surface area contributed by atoms with Crippen molar-refractivity contribution in [2.24, 2.45) is 23.7 Å². The average Bonchev–Trinajstić information content (AvgIpc) is 2.75. The van der Waals surface area contributed by atoms with Crippen molar-refractivity contribution in [3.63, 3.8) is 0 Å². The Balaban J connectivity index is 2.18. The molecule has 2 bridgehead atoms. The Morgan fingerprint density at radius 1 is 1.24 bits per heavy atom. The van der Waals surface area contributed by atoms with Crippen LogP contribution in [0.15, 0.2) is 0 Å². The summed E-state index contributed by atoms with van der Waals surface area (Å²) in [5.74, 6) is 2.57. The molecule has 0 aromatic heterocycles. The van der Waals surface area contributed by atoms with Crippen molar-refractivity contribution in [1.82, 2.24) is 4.31 Å². The van der Waals surface area contributed by atoms with Crippen molar-refractivity contribution >= 4 is 10.0 Å². The molecular weight excluding hydrogens is 238 g/mol. The van der Waals surface area contributed by atoms with E-state index in [2.05, 4.69) is 13.8 Å². The molecule has 5 atom stereocenters. The van der Waals surface area contributed by atoms with E-state index in [0.29, 0.717) is 17.8 Å². The summed E-state index contributed by atoms with van der Waals surface area (Å²) < 4.78 is 30.3. The predicted octanol–water partition coefficient (Wildman–Crippen LogP) is 1.53. The number of fused-ring (bicyclic) bond motifs is 2. The summed E-state index contributed by atoms with van der Waals surface area (Å²) in [5, 5.41) is 0. The zero-order chi connectivity index (χ0) is 12.8. The monoisotopic (exact) mass is 261 g/mol. The van der Waals surface area contributed by atoms with Crippen LogP contribution in [-0.2, 0) is 14.8 Å². The van der Waals surface area contributed by atoms with Crippen LogP contribution >= 0.6 is 0 Å². The van der Waals surface area contributed by atoms with Gasteiger partial charge < -0.3 is 4.74 Å². The van der Waals surface area contributed by atoms with Gasteiger partial charge in [0.2, 0.25) is 10.0 Å². The van der Waals surface area contributed by atoms with Gasteiger partial charge in [0, 0.05) is 13.2 Å². The Hall–Kier alpha value is -0.130. The predicted molar refractivity (Wildman–Crippen MR) is 66.9 cm³/mol. The van der Waals surface area contributed by atoms with Crippen LogP contribution in [0.2, 0.25) is 0 Å². The lowest BCUT2D eigenvalue weighted by Gasteiger charge is -2.37. The number of methoxy groups -OCH3 is 1. The molecule has 17 heavy (non-hydrogen) atoms. The van der Waals surface area contributed by atoms with Gasteiger partial charge in [-0.2, -0.15) is 4.31 Å². The standard InChI is InChI=1S/C12H23NO3S/c1-8-9(2)11-5-10(8)6-12(11)13(7-16-3)17(4,14)15/h8-12H,5-7H2,1-4H3. The van der Waals surface area contributed by atoms with Gasteiger partial charge in [-0.25, -0.2) is 8.42 Å². The summed E-state index contributed by atoms with van der Waals surface area (Å²) >= 11 is 0. The third kappa shape index (κ3) is 2.25. The van der Waals surface area contributed by atoms with Crippen LogP contribution in [0.1, 0.15) is 26.7 Å². The summed E-state index contributed by atoms with van der Waals surface area (Å²) in [4.78, 5) is 0. The summed E-state index contributed by atoms with van der Waals surface area (Å²) in [6, 6.07) is 0.154. The minimum Gasteiger partial charge on any atom is -0.368 e. The highest BCUT2D eigenvalue weighted by Crippen LogP contribution is 2.53. The number of nitrogens with zero attached hydrogens (tertiary/aromatic N) is 1. The molecule has 0 spiro atoms. The molecule has 0 amide bonds. The van der Waals surface area contributed by atoms with E-state index >= 15 is 0 Å². The van der Waals surface area contributed by atoms with Crippen LogP contribution in [-0.4, -0.2) is 38.9 Å². The Labute approximate surface area is 104 Å². The van der Waals surface area contributed by atoms with Gasteiger partial charge in [-0.05, 0) is 36.5 Å². The molecule has 2 aliphatic rings. The lowest BCUT2D eigenvalue weighted by Crippen LogP contribution is -2.46. The molecule has 0 aromatic carbocycles. The fourth-order valence-corrected chi connectivity index (χ4v) is 4.83. The molecule has 5 heteroatoms. The maximum atomic E-state index is 11.8. The van der Waals surface area contributed by atoms with Gasteiger partial charge in [0.25, 0.3) is 0 Å². The second-order valence-electron chi connectivity index (χ2n) is 5.75. The van der Waals surface area contributed by atoms with Gasteiger partial charge >= 0.3 is 0 Å². The van der Waals surface area contributed by atoms with Gasteiger partial charge in [-0.1, -0.05) is 13.8 Å². The van der Waals surface area contributed by atoms with Crippen molar-refractivity contribution in [3.8, 4) is 0 Å². The van der Waals surface area contributed by atoms with E-state index < -0.39 is 10.0 Å². The van der Waals surface area contributed by atoms with Gasteiger partial charge in [-0.15, -0.1) is 0 Å². The fourth-order valence-electron chi connectivity index (χ4n) is 3.80. The van der Waals surface area contributed by atoms with E-state index in [1.807, 2.05) is 0 Å². The number of rotatable bonds is 4. The van der Waals surface area contributed by atoms with Gasteiger partial charge in [0.15, 0.2) is 0 Å². The number of ether oxygens (including phenoxy) is 1. The van der Waals surface area contributed by atoms with E-state index in [-0.39, 0.29) is 12.8 Å². The molecule has 2 fully saturated rings. The second-order valence-corrected chi connectivity index (χ2v) is 7.68. The first-order valence-corrected chi connectivity index (χ1v) is 8.16. The van der Waals surface area contributed by atoms with Crippen molar-refractivity contribution in [1.29, 1.82) is 0 Å². The smallest absolute Gasteiger partial charge is 0.213 e.